The molecule has 0 saturated heterocycles. The average Bonchev–Trinajstić information content (AvgIpc) is 2.57. The lowest BCUT2D eigenvalue weighted by molar-refractivity contribution is -0.121. The van der Waals surface area contributed by atoms with Crippen molar-refractivity contribution in [2.45, 2.75) is 51.3 Å². The molecule has 0 unspecified atom stereocenters. The molecule has 27 heavy (non-hydrogen) atoms. The Hall–Kier alpha value is -2.18. The molecule has 0 bridgehead atoms. The highest BCUT2D eigenvalue weighted by atomic mass is 32.2. The second-order valence-corrected chi connectivity index (χ2v) is 9.46. The number of carbonyl (C=O) groups excluding carboxylic acids is 1. The van der Waals surface area contributed by atoms with Crippen LogP contribution in [0.15, 0.2) is 48.5 Å². The first-order chi connectivity index (χ1) is 12.5. The van der Waals surface area contributed by atoms with Gasteiger partial charge in [-0.1, -0.05) is 69.3 Å². The number of aryl methyl sites for hydroxylation is 1. The van der Waals surface area contributed by atoms with Crippen LogP contribution in [-0.2, 0) is 39.0 Å². The number of nitrogens with one attached hydrogen (secondary N) is 1. The summed E-state index contributed by atoms with van der Waals surface area (Å²) in [4.78, 5) is 12.1. The van der Waals surface area contributed by atoms with Crippen molar-refractivity contribution in [3.8, 4) is 0 Å². The summed E-state index contributed by atoms with van der Waals surface area (Å²) >= 11 is 0. The molecule has 0 aromatic heterocycles. The van der Waals surface area contributed by atoms with E-state index >= 15 is 0 Å². The van der Waals surface area contributed by atoms with Gasteiger partial charge in [0.2, 0.25) is 15.9 Å². The zero-order chi connectivity index (χ0) is 20.1. The summed E-state index contributed by atoms with van der Waals surface area (Å²) in [6, 6.07) is 15.4. The highest BCUT2D eigenvalue weighted by molar-refractivity contribution is 7.88. The van der Waals surface area contributed by atoms with Gasteiger partial charge >= 0.3 is 0 Å². The number of nitrogens with two attached hydrogens (primary N) is 1. The van der Waals surface area contributed by atoms with Gasteiger partial charge in [-0.05, 0) is 34.1 Å². The largest absolute Gasteiger partial charge is 0.352 e. The molecule has 6 heteroatoms. The molecule has 0 aliphatic heterocycles. The van der Waals surface area contributed by atoms with E-state index in [0.29, 0.717) is 24.9 Å². The minimum absolute atomic E-state index is 0.0106. The summed E-state index contributed by atoms with van der Waals surface area (Å²) in [7, 11) is -3.53. The molecule has 0 radical (unpaired) electrons. The van der Waals surface area contributed by atoms with Gasteiger partial charge < -0.3 is 5.32 Å². The molecule has 0 heterocycles. The fourth-order valence-corrected chi connectivity index (χ4v) is 3.36. The lowest BCUT2D eigenvalue weighted by Crippen LogP contribution is -2.23. The third kappa shape index (κ3) is 7.53. The number of hydrogen-bond donors (Lipinski definition) is 2. The van der Waals surface area contributed by atoms with E-state index in [1.54, 1.807) is 24.3 Å². The third-order valence-corrected chi connectivity index (χ3v) is 5.08. The lowest BCUT2D eigenvalue weighted by Gasteiger charge is -2.19. The maximum Gasteiger partial charge on any atom is 0.220 e. The van der Waals surface area contributed by atoms with Gasteiger partial charge in [-0.25, -0.2) is 13.6 Å². The van der Waals surface area contributed by atoms with E-state index in [-0.39, 0.29) is 17.1 Å². The summed E-state index contributed by atoms with van der Waals surface area (Å²) in [5, 5.41) is 7.92. The SMILES string of the molecule is CC(C)(C)c1ccc(CCC(=O)NCc2ccc(CS(N)(=O)=O)cc2)cc1. The second-order valence-electron chi connectivity index (χ2n) is 7.85. The van der Waals surface area contributed by atoms with Crippen molar-refractivity contribution in [1.82, 2.24) is 5.32 Å². The predicted octanol–water partition coefficient (Wildman–Crippen LogP) is 3.02. The summed E-state index contributed by atoms with van der Waals surface area (Å²) < 4.78 is 22.2. The smallest absolute Gasteiger partial charge is 0.220 e. The van der Waals surface area contributed by atoms with E-state index in [2.05, 4.69) is 50.4 Å². The van der Waals surface area contributed by atoms with Crippen LogP contribution >= 0.6 is 0 Å². The van der Waals surface area contributed by atoms with Crippen LogP contribution in [0.25, 0.3) is 0 Å². The zero-order valence-electron chi connectivity index (χ0n) is 16.2. The van der Waals surface area contributed by atoms with E-state index in [0.717, 1.165) is 11.1 Å². The summed E-state index contributed by atoms with van der Waals surface area (Å²) in [5.74, 6) is -0.198. The van der Waals surface area contributed by atoms with Gasteiger partial charge in [-0.3, -0.25) is 4.79 Å². The molecule has 2 aromatic rings. The van der Waals surface area contributed by atoms with Crippen molar-refractivity contribution >= 4 is 15.9 Å². The Morgan fingerprint density at radius 3 is 1.96 bits per heavy atom. The monoisotopic (exact) mass is 388 g/mol. The molecule has 2 rings (SSSR count). The molecule has 0 fully saturated rings. The van der Waals surface area contributed by atoms with Crippen LogP contribution in [0.4, 0.5) is 0 Å². The molecule has 0 aliphatic rings. The number of primary sulfonamides is 1. The highest BCUT2D eigenvalue weighted by Crippen LogP contribution is 2.22. The van der Waals surface area contributed by atoms with E-state index in [1.807, 2.05) is 0 Å². The van der Waals surface area contributed by atoms with Gasteiger partial charge in [-0.2, -0.15) is 0 Å². The summed E-state index contributed by atoms with van der Waals surface area (Å²) in [5.41, 5.74) is 4.09. The molecule has 0 spiro atoms. The number of sulfonamides is 1. The predicted molar refractivity (Wildman–Crippen MR) is 109 cm³/mol. The molecule has 1 amide bonds. The van der Waals surface area contributed by atoms with Gasteiger partial charge in [0.1, 0.15) is 0 Å². The standard InChI is InChI=1S/C21H28N2O3S/c1-21(2,3)19-11-8-16(9-12-19)10-13-20(24)23-14-17-4-6-18(7-5-17)15-27(22,25)26/h4-9,11-12H,10,13-15H2,1-3H3,(H,23,24)(H2,22,25,26). The first-order valence-corrected chi connectivity index (χ1v) is 10.7. The van der Waals surface area contributed by atoms with Crippen molar-refractivity contribution in [2.24, 2.45) is 5.14 Å². The van der Waals surface area contributed by atoms with Crippen molar-refractivity contribution in [3.05, 3.63) is 70.8 Å². The Kier molecular flexibility index (Phi) is 6.78. The minimum atomic E-state index is -3.53. The molecule has 3 N–H and O–H groups in total. The van der Waals surface area contributed by atoms with Crippen LogP contribution in [0.1, 0.15) is 49.4 Å². The average molecular weight is 389 g/mol. The Bertz CT molecular complexity index is 865. The molecule has 2 aromatic carbocycles. The van der Waals surface area contributed by atoms with Crippen LogP contribution in [-0.4, -0.2) is 14.3 Å². The van der Waals surface area contributed by atoms with Crippen molar-refractivity contribution in [2.75, 3.05) is 0 Å². The molecule has 0 saturated carbocycles. The van der Waals surface area contributed by atoms with Gasteiger partial charge in [0.15, 0.2) is 0 Å². The number of carbonyl (C=O) groups is 1. The Labute approximate surface area is 162 Å². The van der Waals surface area contributed by atoms with Crippen LogP contribution < -0.4 is 10.5 Å². The molecular weight excluding hydrogens is 360 g/mol. The maximum atomic E-state index is 12.1. The van der Waals surface area contributed by atoms with Gasteiger partial charge in [0.05, 0.1) is 5.75 Å². The third-order valence-electron chi connectivity index (χ3n) is 4.34. The van der Waals surface area contributed by atoms with Crippen LogP contribution in [0.5, 0.6) is 0 Å². The van der Waals surface area contributed by atoms with Gasteiger partial charge in [-0.15, -0.1) is 0 Å². The Morgan fingerprint density at radius 1 is 0.926 bits per heavy atom. The maximum absolute atomic E-state index is 12.1. The van der Waals surface area contributed by atoms with Crippen molar-refractivity contribution in [3.63, 3.8) is 0 Å². The van der Waals surface area contributed by atoms with Crippen molar-refractivity contribution < 1.29 is 13.2 Å². The number of benzene rings is 2. The van der Waals surface area contributed by atoms with Crippen LogP contribution in [0.2, 0.25) is 0 Å². The zero-order valence-corrected chi connectivity index (χ0v) is 17.0. The van der Waals surface area contributed by atoms with E-state index in [4.69, 9.17) is 5.14 Å². The van der Waals surface area contributed by atoms with Gasteiger partial charge in [0.25, 0.3) is 0 Å². The Balaban J connectivity index is 1.79. The molecule has 146 valence electrons. The number of amides is 1. The first kappa shape index (κ1) is 21.1. The normalized spacial score (nSPS) is 12.0. The van der Waals surface area contributed by atoms with E-state index < -0.39 is 10.0 Å². The number of hydrogen-bond acceptors (Lipinski definition) is 3. The lowest BCUT2D eigenvalue weighted by atomic mass is 9.86. The molecule has 0 atom stereocenters. The first-order valence-electron chi connectivity index (χ1n) is 8.97. The second kappa shape index (κ2) is 8.67. The Morgan fingerprint density at radius 2 is 1.44 bits per heavy atom. The van der Waals surface area contributed by atoms with Crippen LogP contribution in [0, 0.1) is 0 Å². The highest BCUT2D eigenvalue weighted by Gasteiger charge is 2.13. The quantitative estimate of drug-likeness (QED) is 0.764. The molecular formula is C21H28N2O3S. The summed E-state index contributed by atoms with van der Waals surface area (Å²) in [6.07, 6.45) is 1.13. The summed E-state index contributed by atoms with van der Waals surface area (Å²) in [6.45, 7) is 6.95. The minimum Gasteiger partial charge on any atom is -0.352 e. The topological polar surface area (TPSA) is 89.3 Å². The van der Waals surface area contributed by atoms with Gasteiger partial charge in [0, 0.05) is 13.0 Å². The van der Waals surface area contributed by atoms with Crippen LogP contribution in [0.3, 0.4) is 0 Å². The molecule has 5 nitrogen and oxygen atoms in total. The van der Waals surface area contributed by atoms with E-state index in [1.165, 1.54) is 5.56 Å². The van der Waals surface area contributed by atoms with E-state index in [9.17, 15) is 13.2 Å². The molecule has 0 aliphatic carbocycles. The van der Waals surface area contributed by atoms with Crippen molar-refractivity contribution in [1.29, 1.82) is 0 Å². The fraction of sp³-hybridized carbons (Fsp3) is 0.381. The number of rotatable bonds is 7. The fourth-order valence-electron chi connectivity index (χ4n) is 2.70.